The molecule has 0 atom stereocenters. The zero-order valence-corrected chi connectivity index (χ0v) is 15.0. The van der Waals surface area contributed by atoms with Crippen molar-refractivity contribution < 1.29 is 13.2 Å². The van der Waals surface area contributed by atoms with Gasteiger partial charge >= 0.3 is 6.18 Å². The van der Waals surface area contributed by atoms with Crippen molar-refractivity contribution in [3.8, 4) is 17.2 Å². The van der Waals surface area contributed by atoms with Crippen LogP contribution < -0.4 is 4.90 Å². The number of hydrogen-bond acceptors (Lipinski definition) is 2. The molecule has 3 aromatic rings. The fourth-order valence-electron chi connectivity index (χ4n) is 3.61. The summed E-state index contributed by atoms with van der Waals surface area (Å²) >= 11 is 0. The third-order valence-corrected chi connectivity index (χ3v) is 5.05. The summed E-state index contributed by atoms with van der Waals surface area (Å²) in [4.78, 5) is 2.22. The maximum Gasteiger partial charge on any atom is 0.416 e. The van der Waals surface area contributed by atoms with Gasteiger partial charge in [0.15, 0.2) is 0 Å². The van der Waals surface area contributed by atoms with Gasteiger partial charge in [-0.1, -0.05) is 18.2 Å². The highest BCUT2D eigenvalue weighted by Gasteiger charge is 2.30. The molecule has 4 rings (SSSR count). The minimum atomic E-state index is -4.32. The average molecular weight is 378 g/mol. The van der Waals surface area contributed by atoms with Gasteiger partial charge in [0.2, 0.25) is 0 Å². The van der Waals surface area contributed by atoms with Crippen LogP contribution in [0.4, 0.5) is 24.5 Å². The van der Waals surface area contributed by atoms with E-state index in [0.717, 1.165) is 54.0 Å². The number of halogens is 3. The minimum absolute atomic E-state index is 0.624. The summed E-state index contributed by atoms with van der Waals surface area (Å²) in [5.41, 5.74) is 4.97. The topological polar surface area (TPSA) is 27.0 Å². The van der Waals surface area contributed by atoms with Crippen LogP contribution in [0.3, 0.4) is 0 Å². The molecule has 0 unspecified atom stereocenters. The lowest BCUT2D eigenvalue weighted by Crippen LogP contribution is -2.24. The largest absolute Gasteiger partial charge is 0.416 e. The van der Waals surface area contributed by atoms with Crippen LogP contribution in [-0.4, -0.2) is 6.54 Å². The third-order valence-electron chi connectivity index (χ3n) is 5.05. The lowest BCUT2D eigenvalue weighted by molar-refractivity contribution is -0.137. The summed E-state index contributed by atoms with van der Waals surface area (Å²) in [7, 11) is 0. The molecule has 0 saturated carbocycles. The smallest absolute Gasteiger partial charge is 0.341 e. The molecule has 1 aliphatic heterocycles. The number of nitriles is 1. The molecule has 0 saturated heterocycles. The van der Waals surface area contributed by atoms with Crippen LogP contribution in [0.5, 0.6) is 0 Å². The number of benzene rings is 3. The van der Waals surface area contributed by atoms with Crippen molar-refractivity contribution in [1.82, 2.24) is 0 Å². The van der Waals surface area contributed by atoms with Gasteiger partial charge in [-0.05, 0) is 78.1 Å². The molecule has 0 bridgehead atoms. The van der Waals surface area contributed by atoms with E-state index in [1.54, 1.807) is 12.1 Å². The average Bonchev–Trinajstić information content (AvgIpc) is 2.72. The number of alkyl halides is 3. The lowest BCUT2D eigenvalue weighted by Gasteiger charge is -2.32. The van der Waals surface area contributed by atoms with E-state index in [1.807, 2.05) is 24.3 Å². The number of aryl methyl sites for hydroxylation is 1. The fraction of sp³-hybridized carbons (Fsp3) is 0.174. The first-order valence-electron chi connectivity index (χ1n) is 9.04. The molecular weight excluding hydrogens is 361 g/mol. The van der Waals surface area contributed by atoms with E-state index in [9.17, 15) is 13.2 Å². The number of nitrogens with zero attached hydrogens (tertiary/aromatic N) is 2. The fourth-order valence-corrected chi connectivity index (χ4v) is 3.61. The van der Waals surface area contributed by atoms with E-state index in [2.05, 4.69) is 17.0 Å². The van der Waals surface area contributed by atoms with E-state index in [1.165, 1.54) is 17.7 Å². The van der Waals surface area contributed by atoms with E-state index >= 15 is 0 Å². The molecule has 0 spiro atoms. The molecule has 0 aromatic heterocycles. The monoisotopic (exact) mass is 378 g/mol. The summed E-state index contributed by atoms with van der Waals surface area (Å²) in [6.07, 6.45) is -2.41. The second kappa shape index (κ2) is 7.05. The van der Waals surface area contributed by atoms with Crippen LogP contribution in [0.2, 0.25) is 0 Å². The van der Waals surface area contributed by atoms with Crippen molar-refractivity contribution >= 4 is 11.4 Å². The molecule has 1 heterocycles. The van der Waals surface area contributed by atoms with Crippen LogP contribution in [-0.2, 0) is 12.6 Å². The molecule has 0 aliphatic carbocycles. The summed E-state index contributed by atoms with van der Waals surface area (Å²) in [5.74, 6) is 0. The Morgan fingerprint density at radius 1 is 0.857 bits per heavy atom. The van der Waals surface area contributed by atoms with Gasteiger partial charge < -0.3 is 4.90 Å². The summed E-state index contributed by atoms with van der Waals surface area (Å²) in [6, 6.07) is 20.9. The maximum atomic E-state index is 12.8. The SMILES string of the molecule is N#Cc1ccc(N2CCCc3cc(-c4ccc(C(F)(F)F)cc4)ccc32)cc1. The quantitative estimate of drug-likeness (QED) is 0.521. The highest BCUT2D eigenvalue weighted by Crippen LogP contribution is 2.37. The molecule has 0 amide bonds. The Morgan fingerprint density at radius 2 is 1.54 bits per heavy atom. The van der Waals surface area contributed by atoms with E-state index in [4.69, 9.17) is 5.26 Å². The zero-order valence-electron chi connectivity index (χ0n) is 15.0. The van der Waals surface area contributed by atoms with Gasteiger partial charge in [-0.2, -0.15) is 18.4 Å². The van der Waals surface area contributed by atoms with Crippen molar-refractivity contribution in [1.29, 1.82) is 5.26 Å². The van der Waals surface area contributed by atoms with Crippen LogP contribution in [0, 0.1) is 11.3 Å². The predicted octanol–water partition coefficient (Wildman–Crippen LogP) is 6.33. The summed E-state index contributed by atoms with van der Waals surface area (Å²) in [5, 5.41) is 8.97. The number of anilines is 2. The Hall–Kier alpha value is -3.26. The van der Waals surface area contributed by atoms with Gasteiger partial charge in [0, 0.05) is 17.9 Å². The highest BCUT2D eigenvalue weighted by atomic mass is 19.4. The lowest BCUT2D eigenvalue weighted by atomic mass is 9.95. The molecule has 140 valence electrons. The van der Waals surface area contributed by atoms with E-state index < -0.39 is 11.7 Å². The van der Waals surface area contributed by atoms with Gasteiger partial charge in [0.25, 0.3) is 0 Å². The van der Waals surface area contributed by atoms with Crippen LogP contribution in [0.15, 0.2) is 66.7 Å². The van der Waals surface area contributed by atoms with E-state index in [0.29, 0.717) is 5.56 Å². The third kappa shape index (κ3) is 3.46. The molecule has 28 heavy (non-hydrogen) atoms. The number of hydrogen-bond donors (Lipinski definition) is 0. The van der Waals surface area contributed by atoms with Crippen molar-refractivity contribution in [2.45, 2.75) is 19.0 Å². The molecule has 3 aromatic carbocycles. The van der Waals surface area contributed by atoms with Crippen LogP contribution >= 0.6 is 0 Å². The number of rotatable bonds is 2. The van der Waals surface area contributed by atoms with Crippen molar-refractivity contribution in [3.63, 3.8) is 0 Å². The second-order valence-electron chi connectivity index (χ2n) is 6.83. The summed E-state index contributed by atoms with van der Waals surface area (Å²) < 4.78 is 38.3. The molecular formula is C23H17F3N2. The molecule has 0 N–H and O–H groups in total. The van der Waals surface area contributed by atoms with Gasteiger partial charge in [0.1, 0.15) is 0 Å². The Balaban J connectivity index is 1.65. The Kier molecular flexibility index (Phi) is 4.56. The van der Waals surface area contributed by atoms with E-state index in [-0.39, 0.29) is 0 Å². The molecule has 2 nitrogen and oxygen atoms in total. The van der Waals surface area contributed by atoms with Gasteiger partial charge in [0.05, 0.1) is 17.2 Å². The van der Waals surface area contributed by atoms with Crippen molar-refractivity contribution in [3.05, 3.63) is 83.4 Å². The zero-order chi connectivity index (χ0) is 19.7. The Bertz CT molecular complexity index is 1030. The van der Waals surface area contributed by atoms with Crippen LogP contribution in [0.1, 0.15) is 23.1 Å². The first-order valence-corrected chi connectivity index (χ1v) is 9.04. The van der Waals surface area contributed by atoms with Crippen molar-refractivity contribution in [2.75, 3.05) is 11.4 Å². The number of fused-ring (bicyclic) bond motifs is 1. The molecule has 0 fully saturated rings. The van der Waals surface area contributed by atoms with Crippen molar-refractivity contribution in [2.24, 2.45) is 0 Å². The second-order valence-corrected chi connectivity index (χ2v) is 6.83. The minimum Gasteiger partial charge on any atom is -0.341 e. The van der Waals surface area contributed by atoms with Crippen LogP contribution in [0.25, 0.3) is 11.1 Å². The molecule has 0 radical (unpaired) electrons. The van der Waals surface area contributed by atoms with Gasteiger partial charge in [-0.25, -0.2) is 0 Å². The Labute approximate surface area is 161 Å². The maximum absolute atomic E-state index is 12.8. The first kappa shape index (κ1) is 18.1. The molecule has 1 aliphatic rings. The predicted molar refractivity (Wildman–Crippen MR) is 103 cm³/mol. The molecule has 5 heteroatoms. The first-order chi connectivity index (χ1) is 13.5. The highest BCUT2D eigenvalue weighted by molar-refractivity contribution is 5.74. The normalized spacial score (nSPS) is 13.7. The van der Waals surface area contributed by atoms with Gasteiger partial charge in [-0.3, -0.25) is 0 Å². The standard InChI is InChI=1S/C23H17F3N2/c24-23(25,26)20-8-5-17(6-9-20)18-7-12-22-19(14-18)2-1-13-28(22)21-10-3-16(15-27)4-11-21/h3-12,14H,1-2,13H2. The summed E-state index contributed by atoms with van der Waals surface area (Å²) in [6.45, 7) is 0.887. The Morgan fingerprint density at radius 3 is 2.18 bits per heavy atom. The van der Waals surface area contributed by atoms with Gasteiger partial charge in [-0.15, -0.1) is 0 Å².